The third kappa shape index (κ3) is 6.12. The lowest BCUT2D eigenvalue weighted by molar-refractivity contribution is -0.137. The van der Waals surface area contributed by atoms with Gasteiger partial charge in [0.2, 0.25) is 0 Å². The zero-order valence-corrected chi connectivity index (χ0v) is 17.0. The van der Waals surface area contributed by atoms with Gasteiger partial charge >= 0.3 is 5.97 Å². The van der Waals surface area contributed by atoms with E-state index in [0.29, 0.717) is 19.7 Å². The highest BCUT2D eigenvalue weighted by Crippen LogP contribution is 2.28. The number of carboxylic acids is 1. The number of nitrogens with zero attached hydrogens (tertiary/aromatic N) is 2. The largest absolute Gasteiger partial charge is 0.481 e. The molecule has 1 saturated heterocycles. The maximum atomic E-state index is 10.8. The van der Waals surface area contributed by atoms with Crippen LogP contribution in [-0.2, 0) is 9.53 Å². The van der Waals surface area contributed by atoms with Crippen molar-refractivity contribution in [3.63, 3.8) is 0 Å². The second-order valence-electron chi connectivity index (χ2n) is 6.87. The third-order valence-corrected chi connectivity index (χ3v) is 4.61. The van der Waals surface area contributed by atoms with Crippen molar-refractivity contribution in [2.75, 3.05) is 45.2 Å². The van der Waals surface area contributed by atoms with Crippen LogP contribution in [0.2, 0.25) is 0 Å². The molecule has 1 N–H and O–H groups in total. The number of carbonyl (C=O) groups is 1. The van der Waals surface area contributed by atoms with Gasteiger partial charge < -0.3 is 19.5 Å². The number of ether oxygens (including phenoxy) is 2. The van der Waals surface area contributed by atoms with E-state index in [4.69, 9.17) is 14.6 Å². The summed E-state index contributed by atoms with van der Waals surface area (Å²) < 4.78 is 11.8. The number of halogens is 1. The first-order valence-electron chi connectivity index (χ1n) is 9.12. The molecule has 0 amide bonds. The van der Waals surface area contributed by atoms with E-state index in [2.05, 4.69) is 4.90 Å². The Morgan fingerprint density at radius 1 is 1.21 bits per heavy atom. The van der Waals surface area contributed by atoms with Crippen molar-refractivity contribution in [3.05, 3.63) is 54.1 Å². The number of hydrogen-bond acceptors (Lipinski definition) is 5. The van der Waals surface area contributed by atoms with Gasteiger partial charge in [0, 0.05) is 45.5 Å². The van der Waals surface area contributed by atoms with E-state index in [1.807, 2.05) is 67.5 Å². The monoisotopic (exact) mass is 406 g/mol. The molecular weight excluding hydrogens is 380 g/mol. The lowest BCUT2D eigenvalue weighted by Crippen LogP contribution is -2.39. The molecule has 6 nitrogen and oxygen atoms in total. The third-order valence-electron chi connectivity index (χ3n) is 4.61. The summed E-state index contributed by atoms with van der Waals surface area (Å²) in [7, 11) is 4.00. The molecule has 2 aromatic rings. The first kappa shape index (κ1) is 22.0. The minimum atomic E-state index is -0.766. The van der Waals surface area contributed by atoms with Gasteiger partial charge in [0.15, 0.2) is 0 Å². The topological polar surface area (TPSA) is 62.2 Å². The van der Waals surface area contributed by atoms with Gasteiger partial charge in [-0.3, -0.25) is 9.69 Å². The van der Waals surface area contributed by atoms with Gasteiger partial charge in [0.1, 0.15) is 11.5 Å². The molecule has 28 heavy (non-hydrogen) atoms. The van der Waals surface area contributed by atoms with E-state index in [9.17, 15) is 4.79 Å². The van der Waals surface area contributed by atoms with Crippen molar-refractivity contribution in [1.82, 2.24) is 4.90 Å². The molecule has 2 aromatic carbocycles. The van der Waals surface area contributed by atoms with Gasteiger partial charge in [-0.15, -0.1) is 12.4 Å². The fraction of sp³-hybridized carbons (Fsp3) is 0.381. The number of aliphatic carboxylic acids is 1. The summed E-state index contributed by atoms with van der Waals surface area (Å²) >= 11 is 0. The highest BCUT2D eigenvalue weighted by atomic mass is 35.5. The van der Waals surface area contributed by atoms with Crippen molar-refractivity contribution < 1.29 is 19.4 Å². The summed E-state index contributed by atoms with van der Waals surface area (Å²) in [6.07, 6.45) is 0.115. The van der Waals surface area contributed by atoms with E-state index in [0.717, 1.165) is 29.3 Å². The summed E-state index contributed by atoms with van der Waals surface area (Å²) in [5.41, 5.74) is 2.16. The molecule has 1 aliphatic rings. The molecule has 0 radical (unpaired) electrons. The maximum Gasteiger partial charge on any atom is 0.304 e. The van der Waals surface area contributed by atoms with Crippen LogP contribution >= 0.6 is 12.4 Å². The van der Waals surface area contributed by atoms with E-state index in [-0.39, 0.29) is 24.9 Å². The summed E-state index contributed by atoms with van der Waals surface area (Å²) in [6, 6.07) is 15.8. The van der Waals surface area contributed by atoms with Crippen LogP contribution in [0.25, 0.3) is 0 Å². The van der Waals surface area contributed by atoms with Crippen LogP contribution < -0.4 is 9.64 Å². The van der Waals surface area contributed by atoms with Gasteiger partial charge in [0.25, 0.3) is 0 Å². The molecule has 1 atom stereocenters. The second-order valence-corrected chi connectivity index (χ2v) is 6.87. The van der Waals surface area contributed by atoms with Crippen molar-refractivity contribution >= 4 is 24.1 Å². The fourth-order valence-corrected chi connectivity index (χ4v) is 3.07. The lowest BCUT2D eigenvalue weighted by atomic mass is 10.1. The fourth-order valence-electron chi connectivity index (χ4n) is 3.07. The number of rotatable bonds is 7. The van der Waals surface area contributed by atoms with Gasteiger partial charge in [0.05, 0.1) is 19.1 Å². The van der Waals surface area contributed by atoms with Gasteiger partial charge in [-0.1, -0.05) is 18.2 Å². The molecule has 7 heteroatoms. The van der Waals surface area contributed by atoms with E-state index < -0.39 is 5.97 Å². The quantitative estimate of drug-likeness (QED) is 0.754. The Bertz CT molecular complexity index is 767. The normalized spacial score (nSPS) is 16.9. The highest BCUT2D eigenvalue weighted by molar-refractivity contribution is 5.85. The smallest absolute Gasteiger partial charge is 0.304 e. The average Bonchev–Trinajstić information content (AvgIpc) is 2.67. The summed E-state index contributed by atoms with van der Waals surface area (Å²) in [5, 5.41) is 8.85. The molecule has 1 unspecified atom stereocenters. The van der Waals surface area contributed by atoms with Crippen LogP contribution in [0.15, 0.2) is 48.5 Å². The van der Waals surface area contributed by atoms with E-state index in [1.165, 1.54) is 0 Å². The number of hydrogen-bond donors (Lipinski definition) is 1. The standard InChI is InChI=1S/C21H26N2O4.ClH/c1-22(2)17-4-3-5-19(14-17)27-18-8-6-16(7-9-18)20-15-23(12-13-26-20)11-10-21(24)25;/h3-9,14,20H,10-13,15H2,1-2H3,(H,24,25);1H. The van der Waals surface area contributed by atoms with Gasteiger partial charge in [-0.05, 0) is 29.8 Å². The first-order chi connectivity index (χ1) is 13.0. The average molecular weight is 407 g/mol. The van der Waals surface area contributed by atoms with Gasteiger partial charge in [-0.25, -0.2) is 0 Å². The van der Waals surface area contributed by atoms with Crippen LogP contribution in [-0.4, -0.2) is 56.3 Å². The first-order valence-corrected chi connectivity index (χ1v) is 9.12. The molecule has 3 rings (SSSR count). The Hall–Kier alpha value is -2.28. The number of anilines is 1. The molecular formula is C21H27ClN2O4. The molecule has 0 spiro atoms. The zero-order valence-electron chi connectivity index (χ0n) is 16.2. The number of carboxylic acid groups (broad SMARTS) is 1. The summed E-state index contributed by atoms with van der Waals surface area (Å²) in [4.78, 5) is 14.9. The second kappa shape index (κ2) is 10.3. The number of benzene rings is 2. The molecule has 1 aliphatic heterocycles. The van der Waals surface area contributed by atoms with Crippen molar-refractivity contribution in [1.29, 1.82) is 0 Å². The Morgan fingerprint density at radius 3 is 2.64 bits per heavy atom. The van der Waals surface area contributed by atoms with Crippen LogP contribution in [0.4, 0.5) is 5.69 Å². The summed E-state index contributed by atoms with van der Waals surface area (Å²) in [5.74, 6) is 0.800. The van der Waals surface area contributed by atoms with E-state index >= 15 is 0 Å². The lowest BCUT2D eigenvalue weighted by Gasteiger charge is -2.32. The number of morpholine rings is 1. The highest BCUT2D eigenvalue weighted by Gasteiger charge is 2.22. The van der Waals surface area contributed by atoms with Crippen LogP contribution in [0.3, 0.4) is 0 Å². The minimum Gasteiger partial charge on any atom is -0.481 e. The summed E-state index contributed by atoms with van der Waals surface area (Å²) in [6.45, 7) is 2.64. The Labute approximate surface area is 172 Å². The molecule has 0 saturated carbocycles. The Kier molecular flexibility index (Phi) is 8.11. The van der Waals surface area contributed by atoms with Crippen molar-refractivity contribution in [2.24, 2.45) is 0 Å². The molecule has 0 bridgehead atoms. The van der Waals surface area contributed by atoms with Crippen molar-refractivity contribution in [3.8, 4) is 11.5 Å². The predicted molar refractivity (Wildman–Crippen MR) is 112 cm³/mol. The maximum absolute atomic E-state index is 10.8. The minimum absolute atomic E-state index is 0. The SMILES string of the molecule is CN(C)c1cccc(Oc2ccc(C3CN(CCC(=O)O)CCO3)cc2)c1.Cl. The van der Waals surface area contributed by atoms with Crippen LogP contribution in [0.5, 0.6) is 11.5 Å². The van der Waals surface area contributed by atoms with Crippen molar-refractivity contribution in [2.45, 2.75) is 12.5 Å². The van der Waals surface area contributed by atoms with E-state index in [1.54, 1.807) is 0 Å². The Morgan fingerprint density at radius 2 is 1.96 bits per heavy atom. The molecule has 1 heterocycles. The molecule has 1 fully saturated rings. The predicted octanol–water partition coefficient (Wildman–Crippen LogP) is 3.81. The zero-order chi connectivity index (χ0) is 19.2. The van der Waals surface area contributed by atoms with Crippen LogP contribution in [0, 0.1) is 0 Å². The molecule has 0 aromatic heterocycles. The molecule has 0 aliphatic carbocycles. The van der Waals surface area contributed by atoms with Crippen LogP contribution in [0.1, 0.15) is 18.1 Å². The molecule has 152 valence electrons. The Balaban J connectivity index is 0.00000280. The van der Waals surface area contributed by atoms with Gasteiger partial charge in [-0.2, -0.15) is 0 Å².